The largest absolute Gasteiger partial charge is 0.756 e. The summed E-state index contributed by atoms with van der Waals surface area (Å²) in [5, 5.41) is 32.4. The predicted molar refractivity (Wildman–Crippen MR) is 140 cm³/mol. The van der Waals surface area contributed by atoms with Crippen molar-refractivity contribution >= 4 is 60.9 Å². The van der Waals surface area contributed by atoms with Gasteiger partial charge in [0.2, 0.25) is 11.9 Å². The number of nitrogens with two attached hydrogens (primary N) is 1. The van der Waals surface area contributed by atoms with E-state index in [1.165, 1.54) is 28.5 Å². The molecule has 2 saturated heterocycles. The monoisotopic (exact) mass is 595 g/mol. The maximum absolute atomic E-state index is 12.5. The number of nitrogens with zero attached hydrogens (tertiary/aromatic N) is 3. The van der Waals surface area contributed by atoms with Gasteiger partial charge in [-0.1, -0.05) is 23.9 Å². The Morgan fingerprint density at radius 3 is 2.92 bits per heavy atom. The second-order valence-electron chi connectivity index (χ2n) is 9.11. The summed E-state index contributed by atoms with van der Waals surface area (Å²) in [5.41, 5.74) is 5.80. The summed E-state index contributed by atoms with van der Waals surface area (Å²) < 4.78 is 28.6. The van der Waals surface area contributed by atoms with Gasteiger partial charge < -0.3 is 44.9 Å². The topological polar surface area (TPSA) is 247 Å². The number of imidazole rings is 1. The van der Waals surface area contributed by atoms with E-state index in [0.717, 1.165) is 0 Å². The number of ether oxygens (including phenoxy) is 1. The number of aliphatic hydroxyl groups is 1. The Balaban J connectivity index is 1.25. The molecule has 0 bridgehead atoms. The van der Waals surface area contributed by atoms with Gasteiger partial charge in [0.15, 0.2) is 22.5 Å². The lowest BCUT2D eigenvalue weighted by Gasteiger charge is -2.34. The number of hydrogen-bond donors (Lipinski definition) is 6. The van der Waals surface area contributed by atoms with Gasteiger partial charge in [0.05, 0.1) is 6.61 Å². The highest BCUT2D eigenvalue weighted by atomic mass is 32.2. The van der Waals surface area contributed by atoms with E-state index in [1.54, 1.807) is 12.1 Å². The first-order valence-electron chi connectivity index (χ1n) is 12.2. The number of phosphoric acid groups is 1. The van der Waals surface area contributed by atoms with Crippen molar-refractivity contribution in [1.29, 1.82) is 0 Å². The molecule has 40 heavy (non-hydrogen) atoms. The number of H-pyrrole nitrogens is 1. The average molecular weight is 595 g/mol. The van der Waals surface area contributed by atoms with Crippen LogP contribution in [0.2, 0.25) is 0 Å². The van der Waals surface area contributed by atoms with E-state index in [-0.39, 0.29) is 46.7 Å². The molecule has 0 aliphatic carbocycles. The minimum atomic E-state index is -4.60. The van der Waals surface area contributed by atoms with Crippen molar-refractivity contribution in [2.75, 3.05) is 23.4 Å². The average Bonchev–Trinajstić information content (AvgIpc) is 3.40. The van der Waals surface area contributed by atoms with E-state index in [1.807, 2.05) is 0 Å². The molecule has 214 valence electrons. The van der Waals surface area contributed by atoms with Crippen molar-refractivity contribution in [3.63, 3.8) is 0 Å². The zero-order valence-corrected chi connectivity index (χ0v) is 22.4. The van der Waals surface area contributed by atoms with E-state index in [0.29, 0.717) is 24.3 Å². The Morgan fingerprint density at radius 1 is 1.35 bits per heavy atom. The molecular formula is C21H25BN6O10PS-. The number of hydrogen-bond acceptors (Lipinski definition) is 14. The molecule has 7 N–H and O–H groups in total. The zero-order chi connectivity index (χ0) is 28.6. The van der Waals surface area contributed by atoms with Crippen LogP contribution in [0.1, 0.15) is 25.5 Å². The van der Waals surface area contributed by atoms with E-state index in [2.05, 4.69) is 24.8 Å². The highest BCUT2D eigenvalue weighted by molar-refractivity contribution is 7.99. The first kappa shape index (κ1) is 28.7. The van der Waals surface area contributed by atoms with Crippen LogP contribution in [0.25, 0.3) is 11.2 Å². The number of phosphoric ester groups is 1. The molecule has 0 spiro atoms. The van der Waals surface area contributed by atoms with Gasteiger partial charge in [-0.3, -0.25) is 23.7 Å². The molecule has 0 radical (unpaired) electrons. The van der Waals surface area contributed by atoms with Crippen molar-refractivity contribution in [3.8, 4) is 0 Å². The van der Waals surface area contributed by atoms with Crippen LogP contribution in [0.15, 0.2) is 34.2 Å². The Morgan fingerprint density at radius 2 is 2.15 bits per heavy atom. The fourth-order valence-corrected chi connectivity index (χ4v) is 6.37. The van der Waals surface area contributed by atoms with Crippen LogP contribution < -0.4 is 27.0 Å². The van der Waals surface area contributed by atoms with Gasteiger partial charge in [-0.05, 0) is 30.4 Å². The van der Waals surface area contributed by atoms with Crippen LogP contribution >= 0.6 is 19.6 Å². The number of amides is 1. The molecule has 3 aromatic rings. The molecule has 2 fully saturated rings. The molecule has 1 aromatic carbocycles. The molecule has 0 saturated carbocycles. The fourth-order valence-electron chi connectivity index (χ4n) is 4.41. The van der Waals surface area contributed by atoms with Gasteiger partial charge in [-0.15, -0.1) is 0 Å². The van der Waals surface area contributed by atoms with E-state index in [4.69, 9.17) is 15.0 Å². The molecule has 5 atom stereocenters. The van der Waals surface area contributed by atoms with Crippen molar-refractivity contribution in [3.05, 3.63) is 34.6 Å². The first-order chi connectivity index (χ1) is 19.0. The second kappa shape index (κ2) is 11.6. The Kier molecular flexibility index (Phi) is 8.33. The zero-order valence-electron chi connectivity index (χ0n) is 20.7. The molecule has 5 rings (SSSR count). The lowest BCUT2D eigenvalue weighted by atomic mass is 9.80. The number of anilines is 2. The SMILES string of the molecule is Nc1nc2c(nc(SCCCCC(=O)Nc3cccc(B(O)O)c3)n2[C@@H]2OC3COP(=O)([O-])O[C@H]3C2O)c(=O)[nH]1. The van der Waals surface area contributed by atoms with Gasteiger partial charge in [0, 0.05) is 17.9 Å². The third-order valence-corrected chi connectivity index (χ3v) is 8.25. The number of carbonyl (C=O) groups excluding carboxylic acids is 1. The Bertz CT molecular complexity index is 1520. The van der Waals surface area contributed by atoms with E-state index in [9.17, 15) is 34.2 Å². The summed E-state index contributed by atoms with van der Waals surface area (Å²) in [6.45, 7) is -0.350. The summed E-state index contributed by atoms with van der Waals surface area (Å²) in [7, 11) is -6.25. The van der Waals surface area contributed by atoms with Gasteiger partial charge in [-0.2, -0.15) is 4.98 Å². The van der Waals surface area contributed by atoms with Crippen molar-refractivity contribution in [2.24, 2.45) is 0 Å². The first-order valence-corrected chi connectivity index (χ1v) is 14.6. The van der Waals surface area contributed by atoms with Gasteiger partial charge in [-0.25, -0.2) is 4.98 Å². The number of fused-ring (bicyclic) bond motifs is 2. The summed E-state index contributed by atoms with van der Waals surface area (Å²) >= 11 is 1.22. The van der Waals surface area contributed by atoms with Crippen LogP contribution in [0.3, 0.4) is 0 Å². The molecule has 2 aliphatic heterocycles. The maximum Gasteiger partial charge on any atom is 0.488 e. The number of nitrogens with one attached hydrogen (secondary N) is 2. The molecule has 2 aromatic heterocycles. The number of nitrogen functional groups attached to an aromatic ring is 1. The summed E-state index contributed by atoms with van der Waals surface area (Å²) in [5.74, 6) is 0.0195. The number of benzene rings is 1. The van der Waals surface area contributed by atoms with Crippen molar-refractivity contribution < 1.29 is 43.2 Å². The van der Waals surface area contributed by atoms with Crippen LogP contribution in [0.5, 0.6) is 0 Å². The Hall–Kier alpha value is -2.80. The van der Waals surface area contributed by atoms with Gasteiger partial charge >= 0.3 is 7.12 Å². The fraction of sp³-hybridized carbons (Fsp3) is 0.429. The molecule has 19 heteroatoms. The summed E-state index contributed by atoms with van der Waals surface area (Å²) in [4.78, 5) is 47.5. The molecule has 4 heterocycles. The molecule has 2 aliphatic rings. The molecule has 3 unspecified atom stereocenters. The molecule has 16 nitrogen and oxygen atoms in total. The number of thioether (sulfide) groups is 1. The third-order valence-electron chi connectivity index (χ3n) is 6.25. The standard InChI is InChI=1S/C21H26BN6O10PS/c23-20-26-17-14(18(31)27-20)25-21(28(17)19-15(30)16-12(37-19)9-36-39(34,35)38-16)40-7-2-1-6-13(29)24-11-5-3-4-10(8-11)22(32)33/h3-5,8,12,15-16,19,30,32-33H,1-2,6-7,9H2,(H,24,29)(H,34,35)(H3,23,26,27,31)/p-1/t12?,15?,16-,19-/m1/s1. The van der Waals surface area contributed by atoms with E-state index >= 15 is 0 Å². The quantitative estimate of drug-likeness (QED) is 0.0708. The molecular weight excluding hydrogens is 570 g/mol. The maximum atomic E-state index is 12.5. The highest BCUT2D eigenvalue weighted by Crippen LogP contribution is 2.50. The predicted octanol–water partition coefficient (Wildman–Crippen LogP) is -1.58. The Labute approximate surface area is 230 Å². The normalized spacial score (nSPS) is 26.1. The smallest absolute Gasteiger partial charge is 0.488 e. The van der Waals surface area contributed by atoms with Crippen LogP contribution in [-0.2, 0) is 23.1 Å². The number of carbonyl (C=O) groups is 1. The van der Waals surface area contributed by atoms with E-state index < -0.39 is 45.0 Å². The number of unbranched alkanes of at least 4 members (excludes halogenated alkanes) is 1. The number of aromatic nitrogens is 4. The van der Waals surface area contributed by atoms with Crippen LogP contribution in [0, 0.1) is 0 Å². The second-order valence-corrected chi connectivity index (χ2v) is 11.5. The highest BCUT2D eigenvalue weighted by Gasteiger charge is 2.51. The van der Waals surface area contributed by atoms with Crippen LogP contribution in [-0.4, -0.2) is 78.4 Å². The lowest BCUT2D eigenvalue weighted by Crippen LogP contribution is -2.41. The summed E-state index contributed by atoms with van der Waals surface area (Å²) in [6.07, 6.45) is -3.51. The van der Waals surface area contributed by atoms with Gasteiger partial charge in [0.25, 0.3) is 13.4 Å². The molecule has 1 amide bonds. The minimum Gasteiger partial charge on any atom is -0.756 e. The van der Waals surface area contributed by atoms with Crippen LogP contribution in [0.4, 0.5) is 11.6 Å². The lowest BCUT2D eigenvalue weighted by molar-refractivity contribution is -0.245. The number of aromatic amines is 1. The van der Waals surface area contributed by atoms with Gasteiger partial charge in [0.1, 0.15) is 18.3 Å². The minimum absolute atomic E-state index is 0.0345. The number of rotatable bonds is 9. The number of aliphatic hydroxyl groups excluding tert-OH is 1. The van der Waals surface area contributed by atoms with Crippen molar-refractivity contribution in [2.45, 2.75) is 49.0 Å². The van der Waals surface area contributed by atoms with Crippen molar-refractivity contribution in [1.82, 2.24) is 19.5 Å². The summed E-state index contributed by atoms with van der Waals surface area (Å²) in [6, 6.07) is 6.22. The third kappa shape index (κ3) is 6.10.